The fourth-order valence-electron chi connectivity index (χ4n) is 0.973. The summed E-state index contributed by atoms with van der Waals surface area (Å²) in [6.45, 7) is 0. The van der Waals surface area contributed by atoms with Gasteiger partial charge in [0.25, 0.3) is 0 Å². The van der Waals surface area contributed by atoms with Crippen molar-refractivity contribution in [2.24, 2.45) is 0 Å². The molecular weight excluding hydrogens is 196 g/mol. The Morgan fingerprint density at radius 2 is 1.71 bits per heavy atom. The first kappa shape index (κ1) is 11.1. The van der Waals surface area contributed by atoms with Crippen LogP contribution in [-0.2, 0) is 10.8 Å². The van der Waals surface area contributed by atoms with Gasteiger partial charge < -0.3 is 9.68 Å². The van der Waals surface area contributed by atoms with Gasteiger partial charge in [0.2, 0.25) is 0 Å². The molecular formula is C8H8BF3O2. The number of rotatable bonds is 2. The predicted octanol–water partition coefficient (Wildman–Crippen LogP) is 1.04. The second kappa shape index (κ2) is 4.02. The Morgan fingerprint density at radius 3 is 2.07 bits per heavy atom. The molecule has 1 rings (SSSR count). The average Bonchev–Trinajstić information content (AvgIpc) is 2.15. The Labute approximate surface area is 79.5 Å². The Balaban J connectivity index is 2.89. The lowest BCUT2D eigenvalue weighted by Crippen LogP contribution is -2.32. The summed E-state index contributed by atoms with van der Waals surface area (Å²) in [5.41, 5.74) is -0.454. The molecule has 0 aliphatic heterocycles. The van der Waals surface area contributed by atoms with Crippen LogP contribution in [0.5, 0.6) is 0 Å². The van der Waals surface area contributed by atoms with E-state index in [1.165, 1.54) is 19.2 Å². The van der Waals surface area contributed by atoms with Crippen LogP contribution in [0.2, 0.25) is 0 Å². The quantitative estimate of drug-likeness (QED) is 0.729. The van der Waals surface area contributed by atoms with E-state index in [1.807, 2.05) is 0 Å². The zero-order chi connectivity index (χ0) is 10.8. The molecule has 0 radical (unpaired) electrons. The maximum absolute atomic E-state index is 12.1. The van der Waals surface area contributed by atoms with Crippen molar-refractivity contribution in [1.29, 1.82) is 0 Å². The molecule has 0 aliphatic carbocycles. The summed E-state index contributed by atoms with van der Waals surface area (Å²) in [5, 5.41) is 9.12. The third-order valence-corrected chi connectivity index (χ3v) is 1.75. The Bertz CT molecular complexity index is 296. The van der Waals surface area contributed by atoms with E-state index in [4.69, 9.17) is 5.02 Å². The lowest BCUT2D eigenvalue weighted by atomic mass is 9.79. The van der Waals surface area contributed by atoms with Gasteiger partial charge in [-0.05, 0) is 5.46 Å². The van der Waals surface area contributed by atoms with Gasteiger partial charge in [-0.1, -0.05) is 24.3 Å². The third-order valence-electron chi connectivity index (χ3n) is 1.75. The second-order valence-electron chi connectivity index (χ2n) is 2.71. The van der Waals surface area contributed by atoms with E-state index in [0.717, 1.165) is 12.1 Å². The van der Waals surface area contributed by atoms with Crippen LogP contribution in [0, 0.1) is 0 Å². The molecule has 1 aromatic rings. The van der Waals surface area contributed by atoms with Crippen molar-refractivity contribution in [2.45, 2.75) is 6.18 Å². The van der Waals surface area contributed by atoms with Crippen molar-refractivity contribution in [3.63, 3.8) is 0 Å². The zero-order valence-corrected chi connectivity index (χ0v) is 7.38. The van der Waals surface area contributed by atoms with Gasteiger partial charge in [0.1, 0.15) is 0 Å². The van der Waals surface area contributed by atoms with E-state index in [1.54, 1.807) is 0 Å². The van der Waals surface area contributed by atoms with Crippen LogP contribution in [0.15, 0.2) is 24.3 Å². The molecule has 1 N–H and O–H groups in total. The minimum atomic E-state index is -4.35. The van der Waals surface area contributed by atoms with Crippen molar-refractivity contribution in [2.75, 3.05) is 7.11 Å². The van der Waals surface area contributed by atoms with Crippen LogP contribution in [0.25, 0.3) is 0 Å². The molecule has 0 fully saturated rings. The Kier molecular flexibility index (Phi) is 3.18. The van der Waals surface area contributed by atoms with Crippen LogP contribution < -0.4 is 5.46 Å². The highest BCUT2D eigenvalue weighted by Gasteiger charge is 2.30. The SMILES string of the molecule is COB(O)c1ccc(C(F)(F)F)cc1. The molecule has 76 valence electrons. The van der Waals surface area contributed by atoms with Gasteiger partial charge >= 0.3 is 13.3 Å². The lowest BCUT2D eigenvalue weighted by Gasteiger charge is -2.08. The summed E-state index contributed by atoms with van der Waals surface area (Å²) in [6.07, 6.45) is -4.35. The Morgan fingerprint density at radius 1 is 1.21 bits per heavy atom. The summed E-state index contributed by atoms with van der Waals surface area (Å²) in [5.74, 6) is 0. The van der Waals surface area contributed by atoms with Gasteiger partial charge in [-0.25, -0.2) is 0 Å². The normalized spacial score (nSPS) is 11.5. The van der Waals surface area contributed by atoms with Crippen LogP contribution in [0.3, 0.4) is 0 Å². The van der Waals surface area contributed by atoms with Gasteiger partial charge in [0.15, 0.2) is 0 Å². The van der Waals surface area contributed by atoms with Crippen LogP contribution >= 0.6 is 0 Å². The molecule has 14 heavy (non-hydrogen) atoms. The summed E-state index contributed by atoms with van der Waals surface area (Å²) in [6, 6.07) is 4.16. The Hall–Kier alpha value is -1.01. The summed E-state index contributed by atoms with van der Waals surface area (Å²) in [7, 11) is 0.0831. The van der Waals surface area contributed by atoms with Crippen LogP contribution in [0.4, 0.5) is 13.2 Å². The van der Waals surface area contributed by atoms with E-state index in [0.29, 0.717) is 5.46 Å². The van der Waals surface area contributed by atoms with E-state index >= 15 is 0 Å². The highest BCUT2D eigenvalue weighted by atomic mass is 19.4. The van der Waals surface area contributed by atoms with Crippen molar-refractivity contribution in [3.05, 3.63) is 29.8 Å². The monoisotopic (exact) mass is 204 g/mol. The third kappa shape index (κ3) is 2.49. The number of hydrogen-bond acceptors (Lipinski definition) is 2. The molecule has 0 atom stereocenters. The molecule has 0 heterocycles. The highest BCUT2D eigenvalue weighted by Crippen LogP contribution is 2.28. The summed E-state index contributed by atoms with van der Waals surface area (Å²) >= 11 is 0. The second-order valence-corrected chi connectivity index (χ2v) is 2.71. The molecule has 1 aromatic carbocycles. The van der Waals surface area contributed by atoms with Gasteiger partial charge in [0, 0.05) is 7.11 Å². The van der Waals surface area contributed by atoms with Crippen molar-refractivity contribution in [3.8, 4) is 0 Å². The number of alkyl halides is 3. The lowest BCUT2D eigenvalue weighted by molar-refractivity contribution is -0.137. The number of hydrogen-bond donors (Lipinski definition) is 1. The van der Waals surface area contributed by atoms with Gasteiger partial charge in [-0.2, -0.15) is 13.2 Å². The van der Waals surface area contributed by atoms with E-state index in [2.05, 4.69) is 4.65 Å². The van der Waals surface area contributed by atoms with Crippen LogP contribution in [-0.4, -0.2) is 19.3 Å². The molecule has 0 aliphatic rings. The molecule has 6 heteroatoms. The standard InChI is InChI=1S/C8H8BF3O2/c1-14-9(13)7-4-2-6(3-5-7)8(10,11)12/h2-5,13H,1H3. The molecule has 0 saturated carbocycles. The van der Waals surface area contributed by atoms with E-state index in [9.17, 15) is 13.2 Å². The maximum Gasteiger partial charge on any atom is 0.490 e. The van der Waals surface area contributed by atoms with Crippen molar-refractivity contribution in [1.82, 2.24) is 0 Å². The maximum atomic E-state index is 12.1. The van der Waals surface area contributed by atoms with Gasteiger partial charge in [-0.15, -0.1) is 0 Å². The van der Waals surface area contributed by atoms with E-state index < -0.39 is 18.9 Å². The van der Waals surface area contributed by atoms with E-state index in [-0.39, 0.29) is 0 Å². The molecule has 2 nitrogen and oxygen atoms in total. The predicted molar refractivity (Wildman–Crippen MR) is 46.1 cm³/mol. The smallest absolute Gasteiger partial charge is 0.423 e. The van der Waals surface area contributed by atoms with Crippen molar-refractivity contribution >= 4 is 12.6 Å². The van der Waals surface area contributed by atoms with Crippen LogP contribution in [0.1, 0.15) is 5.56 Å². The summed E-state index contributed by atoms with van der Waals surface area (Å²) < 4.78 is 40.9. The van der Waals surface area contributed by atoms with Gasteiger partial charge in [0.05, 0.1) is 5.56 Å². The van der Waals surface area contributed by atoms with Crippen molar-refractivity contribution < 1.29 is 22.8 Å². The molecule has 0 bridgehead atoms. The topological polar surface area (TPSA) is 29.5 Å². The molecule has 0 unspecified atom stereocenters. The molecule has 0 aromatic heterocycles. The zero-order valence-electron chi connectivity index (χ0n) is 7.38. The number of halogens is 3. The first-order chi connectivity index (χ1) is 6.45. The molecule has 0 amide bonds. The minimum absolute atomic E-state index is 0.292. The van der Waals surface area contributed by atoms with Gasteiger partial charge in [-0.3, -0.25) is 0 Å². The number of benzene rings is 1. The first-order valence-corrected chi connectivity index (χ1v) is 3.83. The fourth-order valence-corrected chi connectivity index (χ4v) is 0.973. The largest absolute Gasteiger partial charge is 0.490 e. The highest BCUT2D eigenvalue weighted by molar-refractivity contribution is 6.59. The molecule has 0 spiro atoms. The summed E-state index contributed by atoms with van der Waals surface area (Å²) in [4.78, 5) is 0. The first-order valence-electron chi connectivity index (χ1n) is 3.83. The average molecular weight is 204 g/mol. The fraction of sp³-hybridized carbons (Fsp3) is 0.250. The minimum Gasteiger partial charge on any atom is -0.423 e. The molecule has 0 saturated heterocycles.